The molecule has 0 radical (unpaired) electrons. The molecule has 0 bridgehead atoms. The molecule has 4 rings (SSSR count). The van der Waals surface area contributed by atoms with Gasteiger partial charge in [0.1, 0.15) is 0 Å². The summed E-state index contributed by atoms with van der Waals surface area (Å²) >= 11 is 3.37. The maximum Gasteiger partial charge on any atom is 0.252 e. The molecule has 162 valence electrons. The van der Waals surface area contributed by atoms with E-state index in [-0.39, 0.29) is 23.9 Å². The third-order valence-electron chi connectivity index (χ3n) is 5.25. The molecule has 2 N–H and O–H groups in total. The molecule has 0 saturated heterocycles. The number of rotatable bonds is 5. The molecule has 0 atom stereocenters. The Hall–Kier alpha value is -2.74. The number of pyridine rings is 1. The lowest BCUT2D eigenvalue weighted by atomic mass is 10.1. The Morgan fingerprint density at radius 2 is 1.87 bits per heavy atom. The van der Waals surface area contributed by atoms with Crippen LogP contribution in [0.5, 0.6) is 0 Å². The van der Waals surface area contributed by atoms with Crippen molar-refractivity contribution in [2.45, 2.75) is 52.0 Å². The average molecular weight is 484 g/mol. The second-order valence-electron chi connectivity index (χ2n) is 8.97. The van der Waals surface area contributed by atoms with Crippen LogP contribution in [0.15, 0.2) is 34.8 Å². The van der Waals surface area contributed by atoms with Gasteiger partial charge < -0.3 is 10.6 Å². The van der Waals surface area contributed by atoms with Gasteiger partial charge in [-0.2, -0.15) is 5.10 Å². The molecule has 1 aliphatic carbocycles. The largest absolute Gasteiger partial charge is 0.343 e. The van der Waals surface area contributed by atoms with Gasteiger partial charge in [0.15, 0.2) is 5.65 Å². The Kier molecular flexibility index (Phi) is 5.60. The van der Waals surface area contributed by atoms with Crippen molar-refractivity contribution in [2.24, 2.45) is 0 Å². The maximum atomic E-state index is 13.1. The van der Waals surface area contributed by atoms with Gasteiger partial charge in [0, 0.05) is 21.8 Å². The second-order valence-corrected chi connectivity index (χ2v) is 9.89. The van der Waals surface area contributed by atoms with E-state index in [2.05, 4.69) is 52.4 Å². The SMILES string of the molecule is Cc1nn(C(C)(C)C)c2nc(C3CC3)cc(C(=O)NCC(=O)Nc3ccc(Br)cc3)c12. The monoisotopic (exact) mass is 483 g/mol. The first-order valence-corrected chi connectivity index (χ1v) is 11.2. The van der Waals surface area contributed by atoms with Crippen LogP contribution in [0.4, 0.5) is 5.69 Å². The second kappa shape index (κ2) is 8.07. The average Bonchev–Trinajstić information content (AvgIpc) is 3.50. The fourth-order valence-electron chi connectivity index (χ4n) is 3.54. The van der Waals surface area contributed by atoms with E-state index >= 15 is 0 Å². The Balaban J connectivity index is 1.59. The standard InChI is InChI=1S/C23H26BrN5O2/c1-13-20-17(22(31)25-12-19(30)26-16-9-7-15(24)8-10-16)11-18(14-5-6-14)27-21(20)29(28-13)23(2,3)4/h7-11,14H,5-6,12H2,1-4H3,(H,25,31)(H,26,30). The number of benzene rings is 1. The Morgan fingerprint density at radius 3 is 2.48 bits per heavy atom. The van der Waals surface area contributed by atoms with Gasteiger partial charge >= 0.3 is 0 Å². The first kappa shape index (κ1) is 21.5. The maximum absolute atomic E-state index is 13.1. The zero-order valence-electron chi connectivity index (χ0n) is 18.1. The molecule has 31 heavy (non-hydrogen) atoms. The van der Waals surface area contributed by atoms with E-state index in [0.717, 1.165) is 39.7 Å². The lowest BCUT2D eigenvalue weighted by Gasteiger charge is -2.20. The van der Waals surface area contributed by atoms with Crippen molar-refractivity contribution in [3.8, 4) is 0 Å². The molecule has 2 heterocycles. The van der Waals surface area contributed by atoms with Crippen LogP contribution in [0.1, 0.15) is 61.3 Å². The first-order chi connectivity index (χ1) is 14.6. The normalized spacial score (nSPS) is 14.0. The summed E-state index contributed by atoms with van der Waals surface area (Å²) < 4.78 is 2.82. The van der Waals surface area contributed by atoms with Gasteiger partial charge in [-0.1, -0.05) is 15.9 Å². The molecular formula is C23H26BrN5O2. The van der Waals surface area contributed by atoms with Gasteiger partial charge in [-0.05, 0) is 70.9 Å². The fourth-order valence-corrected chi connectivity index (χ4v) is 3.80. The van der Waals surface area contributed by atoms with Crippen molar-refractivity contribution in [1.82, 2.24) is 20.1 Å². The Labute approximate surface area is 189 Å². The van der Waals surface area contributed by atoms with Gasteiger partial charge in [-0.15, -0.1) is 0 Å². The van der Waals surface area contributed by atoms with E-state index < -0.39 is 0 Å². The van der Waals surface area contributed by atoms with E-state index in [0.29, 0.717) is 17.2 Å². The van der Waals surface area contributed by atoms with Crippen molar-refractivity contribution in [2.75, 3.05) is 11.9 Å². The molecule has 7 nitrogen and oxygen atoms in total. The molecule has 0 aliphatic heterocycles. The molecule has 0 unspecified atom stereocenters. The van der Waals surface area contributed by atoms with Crippen molar-refractivity contribution >= 4 is 44.5 Å². The number of carbonyl (C=O) groups excluding carboxylic acids is 2. The van der Waals surface area contributed by atoms with Gasteiger partial charge in [0.2, 0.25) is 5.91 Å². The van der Waals surface area contributed by atoms with Crippen molar-refractivity contribution in [3.05, 3.63) is 51.8 Å². The number of nitrogens with one attached hydrogen (secondary N) is 2. The summed E-state index contributed by atoms with van der Waals surface area (Å²) in [5.41, 5.74) is 3.33. The predicted octanol–water partition coefficient (Wildman–Crippen LogP) is 4.50. The number of hydrogen-bond acceptors (Lipinski definition) is 4. The van der Waals surface area contributed by atoms with E-state index in [9.17, 15) is 9.59 Å². The number of fused-ring (bicyclic) bond motifs is 1. The molecule has 0 spiro atoms. The van der Waals surface area contributed by atoms with E-state index in [1.807, 2.05) is 29.8 Å². The molecule has 1 fully saturated rings. The summed E-state index contributed by atoms with van der Waals surface area (Å²) in [5, 5.41) is 11.0. The minimum atomic E-state index is -0.295. The van der Waals surface area contributed by atoms with Crippen LogP contribution in [0.25, 0.3) is 11.0 Å². The quantitative estimate of drug-likeness (QED) is 0.558. The molecule has 2 aromatic heterocycles. The van der Waals surface area contributed by atoms with Crippen LogP contribution >= 0.6 is 15.9 Å². The molecule has 3 aromatic rings. The number of anilines is 1. The van der Waals surface area contributed by atoms with Crippen LogP contribution in [-0.2, 0) is 10.3 Å². The summed E-state index contributed by atoms with van der Waals surface area (Å²) in [4.78, 5) is 30.3. The van der Waals surface area contributed by atoms with Crippen LogP contribution in [0, 0.1) is 6.92 Å². The number of carbonyl (C=O) groups is 2. The number of halogens is 1. The molecule has 1 saturated carbocycles. The summed E-state index contributed by atoms with van der Waals surface area (Å²) in [6.45, 7) is 7.97. The van der Waals surface area contributed by atoms with Crippen molar-refractivity contribution in [1.29, 1.82) is 0 Å². The number of nitrogens with zero attached hydrogens (tertiary/aromatic N) is 3. The van der Waals surface area contributed by atoms with Gasteiger partial charge in [0.05, 0.1) is 28.7 Å². The van der Waals surface area contributed by atoms with Gasteiger partial charge in [0.25, 0.3) is 5.91 Å². The summed E-state index contributed by atoms with van der Waals surface area (Å²) in [6.07, 6.45) is 2.16. The van der Waals surface area contributed by atoms with Crippen LogP contribution in [-0.4, -0.2) is 33.1 Å². The highest BCUT2D eigenvalue weighted by Gasteiger charge is 2.30. The van der Waals surface area contributed by atoms with Crippen molar-refractivity contribution < 1.29 is 9.59 Å². The predicted molar refractivity (Wildman–Crippen MR) is 124 cm³/mol. The molecule has 8 heteroatoms. The van der Waals surface area contributed by atoms with Gasteiger partial charge in [-0.25, -0.2) is 9.67 Å². The van der Waals surface area contributed by atoms with E-state index in [4.69, 9.17) is 4.98 Å². The zero-order valence-corrected chi connectivity index (χ0v) is 19.7. The minimum absolute atomic E-state index is 0.121. The third-order valence-corrected chi connectivity index (χ3v) is 5.77. The summed E-state index contributed by atoms with van der Waals surface area (Å²) in [5.74, 6) is -0.192. The smallest absolute Gasteiger partial charge is 0.252 e. The van der Waals surface area contributed by atoms with Crippen LogP contribution in [0.3, 0.4) is 0 Å². The summed E-state index contributed by atoms with van der Waals surface area (Å²) in [7, 11) is 0. The molecule has 1 aliphatic rings. The van der Waals surface area contributed by atoms with Crippen LogP contribution < -0.4 is 10.6 Å². The van der Waals surface area contributed by atoms with E-state index in [1.165, 1.54) is 0 Å². The first-order valence-electron chi connectivity index (χ1n) is 10.4. The van der Waals surface area contributed by atoms with Crippen molar-refractivity contribution in [3.63, 3.8) is 0 Å². The Morgan fingerprint density at radius 1 is 1.19 bits per heavy atom. The molecular weight excluding hydrogens is 458 g/mol. The minimum Gasteiger partial charge on any atom is -0.343 e. The number of hydrogen-bond donors (Lipinski definition) is 2. The zero-order chi connectivity index (χ0) is 22.3. The number of amides is 2. The highest BCUT2D eigenvalue weighted by atomic mass is 79.9. The fraction of sp³-hybridized carbons (Fsp3) is 0.391. The number of aryl methyl sites for hydroxylation is 1. The third kappa shape index (κ3) is 4.63. The lowest BCUT2D eigenvalue weighted by molar-refractivity contribution is -0.115. The van der Waals surface area contributed by atoms with Crippen LogP contribution in [0.2, 0.25) is 0 Å². The Bertz CT molecular complexity index is 1160. The molecule has 1 aromatic carbocycles. The highest BCUT2D eigenvalue weighted by molar-refractivity contribution is 9.10. The number of aromatic nitrogens is 3. The lowest BCUT2D eigenvalue weighted by Crippen LogP contribution is -2.33. The summed E-state index contributed by atoms with van der Waals surface area (Å²) in [6, 6.07) is 9.14. The van der Waals surface area contributed by atoms with Gasteiger partial charge in [-0.3, -0.25) is 9.59 Å². The molecule has 2 amide bonds. The topological polar surface area (TPSA) is 88.9 Å². The van der Waals surface area contributed by atoms with E-state index in [1.54, 1.807) is 12.1 Å². The highest BCUT2D eigenvalue weighted by Crippen LogP contribution is 2.41.